The predicted octanol–water partition coefficient (Wildman–Crippen LogP) is 6.34. The van der Waals surface area contributed by atoms with E-state index < -0.39 is 21.1 Å². The van der Waals surface area contributed by atoms with Gasteiger partial charge in [-0.25, -0.2) is 0 Å². The molecular weight excluding hydrogens is 375 g/mol. The first-order valence-electron chi connectivity index (χ1n) is 9.64. The van der Waals surface area contributed by atoms with E-state index in [4.69, 9.17) is 0 Å². The molecule has 0 fully saturated rings. The Balaban J connectivity index is 5.11. The van der Waals surface area contributed by atoms with Crippen LogP contribution in [0.1, 0.15) is 98.8 Å². The summed E-state index contributed by atoms with van der Waals surface area (Å²) >= 11 is -0.583. The van der Waals surface area contributed by atoms with Gasteiger partial charge in [0, 0.05) is 0 Å². The van der Waals surface area contributed by atoms with Gasteiger partial charge in [0.15, 0.2) is 0 Å². The van der Waals surface area contributed by atoms with Gasteiger partial charge in [-0.3, -0.25) is 0 Å². The summed E-state index contributed by atoms with van der Waals surface area (Å²) < 4.78 is 2.43. The molecule has 1 atom stereocenters. The number of aliphatic hydroxyl groups is 1. The van der Waals surface area contributed by atoms with Gasteiger partial charge in [-0.15, -0.1) is 0 Å². The first kappa shape index (κ1) is 22.5. The van der Waals surface area contributed by atoms with Crippen molar-refractivity contribution < 1.29 is 5.11 Å². The van der Waals surface area contributed by atoms with E-state index in [9.17, 15) is 5.11 Å². The van der Waals surface area contributed by atoms with Crippen LogP contribution in [0.2, 0.25) is 3.43 Å². The Kier molecular flexibility index (Phi) is 14.2. The third-order valence-corrected chi connectivity index (χ3v) is 11.5. The van der Waals surface area contributed by atoms with Crippen molar-refractivity contribution in [3.63, 3.8) is 0 Å². The van der Waals surface area contributed by atoms with Crippen molar-refractivity contribution in [1.82, 2.24) is 0 Å². The van der Waals surface area contributed by atoms with Gasteiger partial charge < -0.3 is 0 Å². The van der Waals surface area contributed by atoms with Crippen LogP contribution >= 0.6 is 0 Å². The van der Waals surface area contributed by atoms with Crippen LogP contribution in [0.5, 0.6) is 0 Å². The van der Waals surface area contributed by atoms with Crippen LogP contribution in [0, 0.1) is 5.92 Å². The molecule has 0 saturated heterocycles. The van der Waals surface area contributed by atoms with Crippen molar-refractivity contribution in [3.05, 3.63) is 9.67 Å². The van der Waals surface area contributed by atoms with Crippen LogP contribution in [0.25, 0.3) is 0 Å². The van der Waals surface area contributed by atoms with Gasteiger partial charge in [0.2, 0.25) is 0 Å². The summed E-state index contributed by atoms with van der Waals surface area (Å²) in [6.45, 7) is 11.9. The molecular formula is C20H40OSn. The predicted molar refractivity (Wildman–Crippen MR) is 102 cm³/mol. The molecule has 2 heteroatoms. The molecule has 0 aromatic heterocycles. The van der Waals surface area contributed by atoms with Gasteiger partial charge in [-0.1, -0.05) is 0 Å². The molecule has 0 aliphatic carbocycles. The average molecular weight is 415 g/mol. The summed E-state index contributed by atoms with van der Waals surface area (Å²) in [5.74, 6) is 0.603. The molecule has 0 aromatic carbocycles. The monoisotopic (exact) mass is 416 g/mol. The second kappa shape index (κ2) is 13.9. The number of hydrogen-bond donors (Lipinski definition) is 1. The summed E-state index contributed by atoms with van der Waals surface area (Å²) in [5, 5.41) is 9.30. The summed E-state index contributed by atoms with van der Waals surface area (Å²) in [6, 6.07) is 0. The molecule has 22 heavy (non-hydrogen) atoms. The normalized spacial score (nSPS) is 14.4. The molecule has 0 heterocycles. The Morgan fingerprint density at radius 1 is 1.00 bits per heavy atom. The second-order valence-corrected chi connectivity index (χ2v) is 12.3. The number of allylic oxidation sites excluding steroid dienone is 2. The van der Waals surface area contributed by atoms with Crippen molar-refractivity contribution in [2.24, 2.45) is 5.92 Å². The minimum atomic E-state index is -0.583. The van der Waals surface area contributed by atoms with Crippen molar-refractivity contribution in [3.8, 4) is 0 Å². The molecule has 1 N–H and O–H groups in total. The second-order valence-electron chi connectivity index (χ2n) is 6.87. The fourth-order valence-corrected chi connectivity index (χ4v) is 9.10. The van der Waals surface area contributed by atoms with Gasteiger partial charge in [0.25, 0.3) is 0 Å². The van der Waals surface area contributed by atoms with Crippen LogP contribution < -0.4 is 0 Å². The van der Waals surface area contributed by atoms with Gasteiger partial charge in [0.05, 0.1) is 0 Å². The van der Waals surface area contributed by atoms with Crippen LogP contribution in [0.15, 0.2) is 9.67 Å². The first-order chi connectivity index (χ1) is 10.6. The van der Waals surface area contributed by atoms with E-state index >= 15 is 0 Å². The molecule has 1 nitrogen and oxygen atoms in total. The summed E-state index contributed by atoms with van der Waals surface area (Å²) in [6.07, 6.45) is 15.9. The standard InChI is InChI=1S/C13H27.C7H13O.Sn/c1-4-7-10-13(11-8-5-2)12-9-6-3;1-3-4-7(2)5-6-8;/h4-12H2,1-3H3;3,7-8H,5-6H2,1-2H3;. The fourth-order valence-electron chi connectivity index (χ4n) is 3.24. The molecule has 130 valence electrons. The molecule has 0 aromatic rings. The molecule has 2 radical (unpaired) electrons. The Labute approximate surface area is 150 Å². The molecule has 0 rings (SSSR count). The minimum absolute atomic E-state index is 0.337. The molecule has 0 spiro atoms. The SMILES string of the molecule is C/C=[C](\[Sn][C](CCCC)(CCCC)CCCC)C(C)CCO. The number of unbranched alkanes of at least 4 members (excludes halogenated alkanes) is 3. The van der Waals surface area contributed by atoms with Gasteiger partial charge in [-0.2, -0.15) is 0 Å². The topological polar surface area (TPSA) is 20.2 Å². The maximum atomic E-state index is 9.30. The van der Waals surface area contributed by atoms with E-state index in [1.807, 2.05) is 0 Å². The van der Waals surface area contributed by atoms with E-state index in [-0.39, 0.29) is 0 Å². The Bertz CT molecular complexity index is 264. The maximum absolute atomic E-state index is 9.30. The van der Waals surface area contributed by atoms with Gasteiger partial charge >= 0.3 is 151 Å². The molecule has 0 bridgehead atoms. The number of rotatable bonds is 14. The number of hydrogen-bond acceptors (Lipinski definition) is 1. The van der Waals surface area contributed by atoms with Crippen molar-refractivity contribution >= 4 is 21.1 Å². The molecule has 0 aliphatic heterocycles. The van der Waals surface area contributed by atoms with E-state index in [0.29, 0.717) is 16.0 Å². The van der Waals surface area contributed by atoms with Crippen molar-refractivity contribution in [1.29, 1.82) is 0 Å². The third kappa shape index (κ3) is 8.96. The van der Waals surface area contributed by atoms with Gasteiger partial charge in [0.1, 0.15) is 0 Å². The summed E-state index contributed by atoms with van der Waals surface area (Å²) in [4.78, 5) is 0. The quantitative estimate of drug-likeness (QED) is 0.328. The van der Waals surface area contributed by atoms with E-state index in [1.54, 1.807) is 3.59 Å². The summed E-state index contributed by atoms with van der Waals surface area (Å²) in [7, 11) is 0. The van der Waals surface area contributed by atoms with E-state index in [1.165, 1.54) is 57.8 Å². The van der Waals surface area contributed by atoms with E-state index in [0.717, 1.165) is 6.42 Å². The summed E-state index contributed by atoms with van der Waals surface area (Å²) in [5.41, 5.74) is 0. The Hall–Kier alpha value is 0.499. The molecule has 0 saturated carbocycles. The Morgan fingerprint density at radius 3 is 1.77 bits per heavy atom. The fraction of sp³-hybridized carbons (Fsp3) is 0.900. The van der Waals surface area contributed by atoms with Crippen LogP contribution in [0.4, 0.5) is 0 Å². The molecule has 1 unspecified atom stereocenters. The Morgan fingerprint density at radius 2 is 1.45 bits per heavy atom. The van der Waals surface area contributed by atoms with E-state index in [2.05, 4.69) is 40.7 Å². The number of aliphatic hydroxyl groups excluding tert-OH is 1. The van der Waals surface area contributed by atoms with Crippen molar-refractivity contribution in [2.45, 2.75) is 102 Å². The van der Waals surface area contributed by atoms with Crippen LogP contribution in [-0.2, 0) is 0 Å². The average Bonchev–Trinajstić information content (AvgIpc) is 2.53. The zero-order valence-corrected chi connectivity index (χ0v) is 18.7. The zero-order chi connectivity index (χ0) is 16.8. The van der Waals surface area contributed by atoms with Crippen LogP contribution in [0.3, 0.4) is 0 Å². The third-order valence-electron chi connectivity index (χ3n) is 4.84. The molecule has 0 aliphatic rings. The van der Waals surface area contributed by atoms with Crippen molar-refractivity contribution in [2.75, 3.05) is 6.61 Å². The van der Waals surface area contributed by atoms with Crippen LogP contribution in [-0.4, -0.2) is 32.9 Å². The first-order valence-corrected chi connectivity index (χ1v) is 12.5. The van der Waals surface area contributed by atoms with Gasteiger partial charge in [-0.05, 0) is 0 Å². The molecule has 0 amide bonds. The zero-order valence-electron chi connectivity index (χ0n) is 15.9.